The van der Waals surface area contributed by atoms with Crippen molar-refractivity contribution in [2.75, 3.05) is 38.2 Å². The molecule has 0 radical (unpaired) electrons. The van der Waals surface area contributed by atoms with E-state index in [2.05, 4.69) is 32.2 Å². The van der Waals surface area contributed by atoms with Crippen LogP contribution in [-0.4, -0.2) is 123 Å². The van der Waals surface area contributed by atoms with Crippen LogP contribution in [0.3, 0.4) is 0 Å². The third-order valence-corrected chi connectivity index (χ3v) is 8.63. The van der Waals surface area contributed by atoms with Gasteiger partial charge in [0.1, 0.15) is 41.8 Å². The van der Waals surface area contributed by atoms with Gasteiger partial charge in [-0.1, -0.05) is 6.07 Å². The van der Waals surface area contributed by atoms with E-state index in [1.54, 1.807) is 25.4 Å². The molecule has 1 amide bonds. The lowest BCUT2D eigenvalue weighted by Crippen LogP contribution is -2.67. The summed E-state index contributed by atoms with van der Waals surface area (Å²) in [6.07, 6.45) is -2.42. The maximum Gasteiger partial charge on any atom is 0.265 e. The van der Waals surface area contributed by atoms with Crippen molar-refractivity contribution in [3.05, 3.63) is 23.9 Å². The zero-order valence-corrected chi connectivity index (χ0v) is 23.0. The van der Waals surface area contributed by atoms with Gasteiger partial charge in [0.25, 0.3) is 5.91 Å². The summed E-state index contributed by atoms with van der Waals surface area (Å²) in [4.78, 5) is 24.4. The number of alkyl halides is 1. The van der Waals surface area contributed by atoms with E-state index < -0.39 is 58.9 Å². The molecule has 3 unspecified atom stereocenters. The first-order valence-electron chi connectivity index (χ1n) is 12.6. The fourth-order valence-electron chi connectivity index (χ4n) is 5.43. The van der Waals surface area contributed by atoms with E-state index in [9.17, 15) is 20.1 Å². The lowest BCUT2D eigenvalue weighted by atomic mass is 9.91. The SMILES string of the molecule is C=N[C@]1(C(=O)N[C@H]([C@H](C)Cl)[C@H]2OC(SC)[C@H](O)C(O)C2O)NC[C@@H]2CN(Cc3ccc(N)nc3)CCO[C@H]21. The summed E-state index contributed by atoms with van der Waals surface area (Å²) in [5, 5.41) is 36.7. The minimum Gasteiger partial charge on any atom is -0.388 e. The Labute approximate surface area is 231 Å². The molecule has 0 aliphatic carbocycles. The average molecular weight is 573 g/mol. The number of ether oxygens (including phenoxy) is 2. The van der Waals surface area contributed by atoms with Crippen molar-refractivity contribution in [2.45, 2.75) is 66.5 Å². The number of aromatic nitrogens is 1. The molecule has 10 atom stereocenters. The standard InChI is InChI=1S/C24H37ClN6O6S/c1-12(25)16(20-18(33)17(32)19(34)22(37-20)38-3)30-23(35)24(27-2)21-14(9-29-24)11-31(6-7-36-21)10-13-4-5-15(26)28-8-13/h4-5,8,12,14,16-22,29,32-34H,2,6-7,9-11H2,1,3H3,(H2,26,28)(H,30,35)/t12-,14+,16+,17?,18?,19+,20+,21+,22?,24-/m0/s1. The first kappa shape index (κ1) is 29.4. The van der Waals surface area contributed by atoms with Crippen LogP contribution < -0.4 is 16.4 Å². The smallest absolute Gasteiger partial charge is 0.265 e. The Hall–Kier alpha value is -1.55. The van der Waals surface area contributed by atoms with E-state index >= 15 is 0 Å². The number of aliphatic imine (C=N–C) groups is 1. The Morgan fingerprint density at radius 2 is 2.18 bits per heavy atom. The number of aliphatic hydroxyl groups is 3. The maximum absolute atomic E-state index is 13.8. The van der Waals surface area contributed by atoms with Gasteiger partial charge < -0.3 is 35.8 Å². The fraction of sp³-hybridized carbons (Fsp3) is 0.708. The third-order valence-electron chi connectivity index (χ3n) is 7.51. The number of rotatable bonds is 8. The molecule has 3 saturated heterocycles. The second kappa shape index (κ2) is 12.3. The molecule has 3 aliphatic heterocycles. The Morgan fingerprint density at radius 1 is 1.42 bits per heavy atom. The van der Waals surface area contributed by atoms with Gasteiger partial charge in [0, 0.05) is 38.3 Å². The molecular formula is C24H37ClN6O6S. The fourth-order valence-corrected chi connectivity index (χ4v) is 6.31. The molecular weight excluding hydrogens is 536 g/mol. The van der Waals surface area contributed by atoms with E-state index in [0.29, 0.717) is 38.6 Å². The Morgan fingerprint density at radius 3 is 2.82 bits per heavy atom. The normalized spacial score (nSPS) is 37.6. The number of amides is 1. The minimum absolute atomic E-state index is 0.0586. The third kappa shape index (κ3) is 5.81. The Balaban J connectivity index is 1.49. The predicted molar refractivity (Wildman–Crippen MR) is 145 cm³/mol. The zero-order valence-electron chi connectivity index (χ0n) is 21.4. The molecule has 1 aromatic heterocycles. The summed E-state index contributed by atoms with van der Waals surface area (Å²) in [5.41, 5.74) is 4.44. The number of hydrogen-bond donors (Lipinski definition) is 6. The molecule has 0 bridgehead atoms. The van der Waals surface area contributed by atoms with Crippen LogP contribution in [0.5, 0.6) is 0 Å². The van der Waals surface area contributed by atoms with Crippen LogP contribution in [0.4, 0.5) is 5.82 Å². The molecule has 3 fully saturated rings. The van der Waals surface area contributed by atoms with Gasteiger partial charge in [-0.25, -0.2) is 4.98 Å². The van der Waals surface area contributed by atoms with E-state index in [-0.39, 0.29) is 5.92 Å². The van der Waals surface area contributed by atoms with Gasteiger partial charge in [0.05, 0.1) is 18.0 Å². The highest BCUT2D eigenvalue weighted by atomic mass is 35.5. The average Bonchev–Trinajstić information content (AvgIpc) is 3.12. The first-order valence-corrected chi connectivity index (χ1v) is 14.3. The zero-order chi connectivity index (χ0) is 27.6. The molecule has 1 aromatic rings. The number of carbonyl (C=O) groups is 1. The van der Waals surface area contributed by atoms with Crippen molar-refractivity contribution in [3.63, 3.8) is 0 Å². The molecule has 4 heterocycles. The van der Waals surface area contributed by atoms with Crippen LogP contribution in [0, 0.1) is 5.92 Å². The number of fused-ring (bicyclic) bond motifs is 1. The number of nitrogens with zero attached hydrogens (tertiary/aromatic N) is 3. The molecule has 14 heteroatoms. The van der Waals surface area contributed by atoms with E-state index in [4.69, 9.17) is 26.8 Å². The number of thioether (sulfide) groups is 1. The van der Waals surface area contributed by atoms with Gasteiger partial charge in [-0.15, -0.1) is 23.4 Å². The van der Waals surface area contributed by atoms with Crippen LogP contribution in [0.2, 0.25) is 0 Å². The number of hydrogen-bond acceptors (Lipinski definition) is 12. The number of halogens is 1. The predicted octanol–water partition coefficient (Wildman–Crippen LogP) is -1.24. The summed E-state index contributed by atoms with van der Waals surface area (Å²) in [6.45, 7) is 8.19. The highest BCUT2D eigenvalue weighted by Gasteiger charge is 2.57. The van der Waals surface area contributed by atoms with Crippen LogP contribution in [0.1, 0.15) is 12.5 Å². The summed E-state index contributed by atoms with van der Waals surface area (Å²) in [6, 6.07) is 2.80. The van der Waals surface area contributed by atoms with Gasteiger partial charge in [-0.3, -0.25) is 20.0 Å². The molecule has 38 heavy (non-hydrogen) atoms. The second-order valence-electron chi connectivity index (χ2n) is 10.0. The summed E-state index contributed by atoms with van der Waals surface area (Å²) in [7, 11) is 0. The van der Waals surface area contributed by atoms with Crippen molar-refractivity contribution in [1.29, 1.82) is 0 Å². The van der Waals surface area contributed by atoms with Crippen LogP contribution in [-0.2, 0) is 20.8 Å². The summed E-state index contributed by atoms with van der Waals surface area (Å²) in [5.74, 6) is -0.117. The maximum atomic E-state index is 13.8. The Kier molecular flexibility index (Phi) is 9.54. The first-order chi connectivity index (χ1) is 18.1. The van der Waals surface area contributed by atoms with Crippen LogP contribution >= 0.6 is 23.4 Å². The van der Waals surface area contributed by atoms with Crippen molar-refractivity contribution >= 4 is 41.8 Å². The summed E-state index contributed by atoms with van der Waals surface area (Å²) >= 11 is 7.64. The number of nitrogens with one attached hydrogen (secondary N) is 2. The van der Waals surface area contributed by atoms with Crippen molar-refractivity contribution in [1.82, 2.24) is 20.5 Å². The number of nitrogen functional groups attached to an aromatic ring is 1. The topological polar surface area (TPSA) is 175 Å². The number of nitrogens with two attached hydrogens (primary N) is 1. The highest BCUT2D eigenvalue weighted by Crippen LogP contribution is 2.34. The van der Waals surface area contributed by atoms with E-state index in [1.165, 1.54) is 11.8 Å². The lowest BCUT2D eigenvalue weighted by Gasteiger charge is -2.44. The van der Waals surface area contributed by atoms with Crippen molar-refractivity contribution in [3.8, 4) is 0 Å². The lowest BCUT2D eigenvalue weighted by molar-refractivity contribution is -0.205. The van der Waals surface area contributed by atoms with Gasteiger partial charge in [-0.05, 0) is 31.5 Å². The number of aliphatic hydroxyl groups excluding tert-OH is 3. The van der Waals surface area contributed by atoms with Gasteiger partial charge in [0.2, 0.25) is 5.66 Å². The molecule has 0 aromatic carbocycles. The largest absolute Gasteiger partial charge is 0.388 e. The van der Waals surface area contributed by atoms with Crippen molar-refractivity contribution < 1.29 is 29.6 Å². The Bertz CT molecular complexity index is 976. The number of carbonyl (C=O) groups excluding carboxylic acids is 1. The molecule has 4 rings (SSSR count). The highest BCUT2D eigenvalue weighted by molar-refractivity contribution is 7.99. The summed E-state index contributed by atoms with van der Waals surface area (Å²) < 4.78 is 12.1. The molecule has 3 aliphatic rings. The van der Waals surface area contributed by atoms with E-state index in [0.717, 1.165) is 5.56 Å². The molecule has 0 spiro atoms. The number of anilines is 1. The van der Waals surface area contributed by atoms with Gasteiger partial charge in [-0.2, -0.15) is 0 Å². The quantitative estimate of drug-likeness (QED) is 0.162. The molecule has 7 N–H and O–H groups in total. The second-order valence-corrected chi connectivity index (χ2v) is 11.7. The monoisotopic (exact) mass is 572 g/mol. The van der Waals surface area contributed by atoms with E-state index in [1.807, 2.05) is 6.07 Å². The van der Waals surface area contributed by atoms with Crippen molar-refractivity contribution in [2.24, 2.45) is 10.9 Å². The van der Waals surface area contributed by atoms with Gasteiger partial charge in [0.15, 0.2) is 0 Å². The van der Waals surface area contributed by atoms with Gasteiger partial charge >= 0.3 is 0 Å². The minimum atomic E-state index is -1.48. The van der Waals surface area contributed by atoms with Crippen LogP contribution in [0.25, 0.3) is 0 Å². The van der Waals surface area contributed by atoms with Crippen LogP contribution in [0.15, 0.2) is 23.3 Å². The number of pyridine rings is 1. The molecule has 12 nitrogen and oxygen atoms in total. The molecule has 212 valence electrons. The molecule has 0 saturated carbocycles.